The number of aliphatic carboxylic acids is 1. The highest BCUT2D eigenvalue weighted by Crippen LogP contribution is 2.06. The molecule has 1 aliphatic rings. The van der Waals surface area contributed by atoms with Gasteiger partial charge in [0.15, 0.2) is 0 Å². The van der Waals surface area contributed by atoms with Gasteiger partial charge in [0.1, 0.15) is 0 Å². The molecule has 104 valence electrons. The van der Waals surface area contributed by atoms with E-state index in [2.05, 4.69) is 0 Å². The fraction of sp³-hybridized carbons (Fsp3) is 0.833. The summed E-state index contributed by atoms with van der Waals surface area (Å²) in [5, 5.41) is 8.77. The minimum absolute atomic E-state index is 0.0531. The van der Waals surface area contributed by atoms with E-state index in [4.69, 9.17) is 9.84 Å². The lowest BCUT2D eigenvalue weighted by Gasteiger charge is -2.31. The summed E-state index contributed by atoms with van der Waals surface area (Å²) in [5.74, 6) is -0.780. The number of morpholine rings is 1. The first-order valence-electron chi connectivity index (χ1n) is 6.36. The van der Waals surface area contributed by atoms with Gasteiger partial charge in [-0.15, -0.1) is 0 Å². The van der Waals surface area contributed by atoms with Crippen molar-refractivity contribution in [1.82, 2.24) is 9.80 Å². The number of carbonyl (C=O) groups excluding carboxylic acids is 1. The Morgan fingerprint density at radius 1 is 1.39 bits per heavy atom. The maximum absolute atomic E-state index is 12.0. The van der Waals surface area contributed by atoms with Crippen molar-refractivity contribution in [2.24, 2.45) is 0 Å². The molecule has 0 radical (unpaired) electrons. The molecule has 1 saturated heterocycles. The molecule has 0 aromatic heterocycles. The number of ether oxygens (including phenoxy) is 1. The normalized spacial score (nSPS) is 17.8. The molecule has 18 heavy (non-hydrogen) atoms. The predicted molar refractivity (Wildman–Crippen MR) is 66.4 cm³/mol. The molecule has 0 bridgehead atoms. The zero-order valence-corrected chi connectivity index (χ0v) is 11.1. The number of hydrogen-bond donors (Lipinski definition) is 1. The van der Waals surface area contributed by atoms with Gasteiger partial charge in [0, 0.05) is 19.1 Å². The van der Waals surface area contributed by atoms with E-state index in [1.54, 1.807) is 4.90 Å². The number of hydrogen-bond acceptors (Lipinski definition) is 4. The van der Waals surface area contributed by atoms with Gasteiger partial charge in [-0.3, -0.25) is 14.5 Å². The van der Waals surface area contributed by atoms with Gasteiger partial charge in [-0.25, -0.2) is 0 Å². The number of carbonyl (C=O) groups is 2. The molecule has 0 aliphatic carbocycles. The largest absolute Gasteiger partial charge is 0.481 e. The molecule has 6 heteroatoms. The Kier molecular flexibility index (Phi) is 6.07. The van der Waals surface area contributed by atoms with E-state index in [1.807, 2.05) is 18.7 Å². The Hall–Kier alpha value is -1.14. The lowest BCUT2D eigenvalue weighted by molar-refractivity contribution is -0.141. The van der Waals surface area contributed by atoms with E-state index < -0.39 is 5.97 Å². The summed E-state index contributed by atoms with van der Waals surface area (Å²) in [6.07, 6.45) is 0.0598. The summed E-state index contributed by atoms with van der Waals surface area (Å²) in [7, 11) is 0. The van der Waals surface area contributed by atoms with Crippen LogP contribution in [0.4, 0.5) is 0 Å². The van der Waals surface area contributed by atoms with Crippen LogP contribution in [0.2, 0.25) is 0 Å². The van der Waals surface area contributed by atoms with Gasteiger partial charge >= 0.3 is 5.97 Å². The van der Waals surface area contributed by atoms with Crippen LogP contribution >= 0.6 is 0 Å². The highest BCUT2D eigenvalue weighted by molar-refractivity contribution is 5.78. The van der Waals surface area contributed by atoms with Crippen LogP contribution < -0.4 is 0 Å². The van der Waals surface area contributed by atoms with E-state index in [0.29, 0.717) is 32.8 Å². The molecule has 0 spiro atoms. The second-order valence-electron chi connectivity index (χ2n) is 4.50. The standard InChI is InChI=1S/C12H22N2O4/c1-3-13(10(2)8-12(16)17)9-11(15)14-4-6-18-7-5-14/h10H,3-9H2,1-2H3,(H,16,17). The summed E-state index contributed by atoms with van der Waals surface area (Å²) in [6, 6.07) is -0.127. The molecule has 6 nitrogen and oxygen atoms in total. The van der Waals surface area contributed by atoms with Crippen LogP contribution in [0.15, 0.2) is 0 Å². The molecule has 1 aliphatic heterocycles. The molecule has 1 N–H and O–H groups in total. The van der Waals surface area contributed by atoms with Crippen molar-refractivity contribution in [1.29, 1.82) is 0 Å². The van der Waals surface area contributed by atoms with Gasteiger partial charge in [-0.2, -0.15) is 0 Å². The smallest absolute Gasteiger partial charge is 0.304 e. The third-order valence-electron chi connectivity index (χ3n) is 3.20. The number of rotatable bonds is 6. The van der Waals surface area contributed by atoms with E-state index in [0.717, 1.165) is 0 Å². The molecular weight excluding hydrogens is 236 g/mol. The van der Waals surface area contributed by atoms with Crippen LogP contribution in [0.1, 0.15) is 20.3 Å². The first kappa shape index (κ1) is 14.9. The summed E-state index contributed by atoms with van der Waals surface area (Å²) < 4.78 is 5.20. The number of carboxylic acids is 1. The van der Waals surface area contributed by atoms with Crippen LogP contribution in [0.3, 0.4) is 0 Å². The summed E-state index contributed by atoms with van der Waals surface area (Å²) >= 11 is 0. The maximum atomic E-state index is 12.0. The number of amides is 1. The number of likely N-dealkylation sites (N-methyl/N-ethyl adjacent to an activating group) is 1. The lowest BCUT2D eigenvalue weighted by atomic mass is 10.2. The molecule has 0 aromatic rings. The Morgan fingerprint density at radius 3 is 2.50 bits per heavy atom. The van der Waals surface area contributed by atoms with Crippen molar-refractivity contribution in [2.45, 2.75) is 26.3 Å². The van der Waals surface area contributed by atoms with Crippen LogP contribution in [0.25, 0.3) is 0 Å². The highest BCUT2D eigenvalue weighted by Gasteiger charge is 2.22. The topological polar surface area (TPSA) is 70.1 Å². The third kappa shape index (κ3) is 4.62. The van der Waals surface area contributed by atoms with Gasteiger partial charge in [-0.05, 0) is 13.5 Å². The summed E-state index contributed by atoms with van der Waals surface area (Å²) in [5.41, 5.74) is 0. The summed E-state index contributed by atoms with van der Waals surface area (Å²) in [4.78, 5) is 26.4. The molecule has 1 amide bonds. The van der Waals surface area contributed by atoms with Crippen molar-refractivity contribution in [2.75, 3.05) is 39.4 Å². The average Bonchev–Trinajstić information content (AvgIpc) is 2.35. The number of carboxylic acid groups (broad SMARTS) is 1. The van der Waals surface area contributed by atoms with Crippen molar-refractivity contribution in [3.63, 3.8) is 0 Å². The molecule has 1 atom stereocenters. The second-order valence-corrected chi connectivity index (χ2v) is 4.50. The molecule has 1 fully saturated rings. The molecule has 0 saturated carbocycles. The molecule has 1 rings (SSSR count). The zero-order chi connectivity index (χ0) is 13.5. The minimum atomic E-state index is -0.834. The van der Waals surface area contributed by atoms with E-state index >= 15 is 0 Å². The monoisotopic (exact) mass is 258 g/mol. The van der Waals surface area contributed by atoms with Crippen molar-refractivity contribution >= 4 is 11.9 Å². The van der Waals surface area contributed by atoms with Crippen molar-refractivity contribution in [3.8, 4) is 0 Å². The Labute approximate surface area is 107 Å². The van der Waals surface area contributed by atoms with Crippen LogP contribution in [-0.2, 0) is 14.3 Å². The predicted octanol–water partition coefficient (Wildman–Crippen LogP) is 0.0303. The average molecular weight is 258 g/mol. The minimum Gasteiger partial charge on any atom is -0.481 e. The Balaban J connectivity index is 2.45. The van der Waals surface area contributed by atoms with Crippen molar-refractivity contribution in [3.05, 3.63) is 0 Å². The fourth-order valence-electron chi connectivity index (χ4n) is 2.05. The first-order chi connectivity index (χ1) is 8.54. The highest BCUT2D eigenvalue weighted by atomic mass is 16.5. The van der Waals surface area contributed by atoms with Gasteiger partial charge in [-0.1, -0.05) is 6.92 Å². The third-order valence-corrected chi connectivity index (χ3v) is 3.20. The van der Waals surface area contributed by atoms with Gasteiger partial charge in [0.05, 0.1) is 26.2 Å². The van der Waals surface area contributed by atoms with Crippen LogP contribution in [0, 0.1) is 0 Å². The molecule has 1 heterocycles. The van der Waals surface area contributed by atoms with Crippen LogP contribution in [-0.4, -0.2) is 72.2 Å². The Morgan fingerprint density at radius 2 is 2.00 bits per heavy atom. The zero-order valence-electron chi connectivity index (χ0n) is 11.1. The first-order valence-corrected chi connectivity index (χ1v) is 6.36. The van der Waals surface area contributed by atoms with E-state index in [9.17, 15) is 9.59 Å². The summed E-state index contributed by atoms with van der Waals surface area (Å²) in [6.45, 7) is 7.16. The van der Waals surface area contributed by atoms with Gasteiger partial charge in [0.25, 0.3) is 0 Å². The lowest BCUT2D eigenvalue weighted by Crippen LogP contribution is -2.47. The fourth-order valence-corrected chi connectivity index (χ4v) is 2.05. The van der Waals surface area contributed by atoms with Crippen molar-refractivity contribution < 1.29 is 19.4 Å². The van der Waals surface area contributed by atoms with Gasteiger partial charge in [0.2, 0.25) is 5.91 Å². The van der Waals surface area contributed by atoms with Crippen LogP contribution in [0.5, 0.6) is 0 Å². The quantitative estimate of drug-likeness (QED) is 0.728. The molecule has 0 aromatic carbocycles. The van der Waals surface area contributed by atoms with E-state index in [1.165, 1.54) is 0 Å². The number of nitrogens with zero attached hydrogens (tertiary/aromatic N) is 2. The second kappa shape index (κ2) is 7.33. The maximum Gasteiger partial charge on any atom is 0.304 e. The van der Waals surface area contributed by atoms with Gasteiger partial charge < -0.3 is 14.7 Å². The molecule has 1 unspecified atom stereocenters. The molecular formula is C12H22N2O4. The SMILES string of the molecule is CCN(CC(=O)N1CCOCC1)C(C)CC(=O)O. The van der Waals surface area contributed by atoms with E-state index in [-0.39, 0.29) is 24.9 Å². The Bertz CT molecular complexity index is 290.